The van der Waals surface area contributed by atoms with Gasteiger partial charge in [0, 0.05) is 28.5 Å². The van der Waals surface area contributed by atoms with E-state index < -0.39 is 18.4 Å². The number of nitrogens with zero attached hydrogens (tertiary/aromatic N) is 1. The molecule has 0 fully saturated rings. The molecule has 2 rings (SSSR count). The molecule has 1 aromatic rings. The van der Waals surface area contributed by atoms with Gasteiger partial charge in [0.2, 0.25) is 0 Å². The van der Waals surface area contributed by atoms with Crippen LogP contribution in [0.5, 0.6) is 5.75 Å². The van der Waals surface area contributed by atoms with E-state index in [1.54, 1.807) is 32.0 Å². The lowest BCUT2D eigenvalue weighted by Gasteiger charge is -2.32. The van der Waals surface area contributed by atoms with E-state index in [1.807, 2.05) is 0 Å². The number of carbonyl (C=O) groups is 2. The molecule has 0 radical (unpaired) electrons. The summed E-state index contributed by atoms with van der Waals surface area (Å²) in [7, 11) is 0. The highest BCUT2D eigenvalue weighted by Gasteiger charge is 2.39. The minimum absolute atomic E-state index is 0.0370. The summed E-state index contributed by atoms with van der Waals surface area (Å²) >= 11 is 0. The average Bonchev–Trinajstić information content (AvgIpc) is 2.45. The van der Waals surface area contributed by atoms with Gasteiger partial charge >= 0.3 is 6.61 Å². The maximum atomic E-state index is 12.7. The SMILES string of the molecule is CC(=O)C1=C(C)N=C(C)C(C(C)=O)[C@@H]1c1ccccc1OC(F)F. The lowest BCUT2D eigenvalue weighted by molar-refractivity contribution is -0.119. The number of benzene rings is 1. The number of para-hydroxylation sites is 1. The minimum Gasteiger partial charge on any atom is -0.435 e. The van der Waals surface area contributed by atoms with Crippen molar-refractivity contribution < 1.29 is 23.1 Å². The van der Waals surface area contributed by atoms with Crippen LogP contribution in [-0.2, 0) is 9.59 Å². The Labute approximate surface area is 139 Å². The van der Waals surface area contributed by atoms with Gasteiger partial charge in [-0.2, -0.15) is 8.78 Å². The summed E-state index contributed by atoms with van der Waals surface area (Å²) in [6.45, 7) is 3.18. The van der Waals surface area contributed by atoms with Gasteiger partial charge in [-0.25, -0.2) is 0 Å². The van der Waals surface area contributed by atoms with Gasteiger partial charge in [-0.15, -0.1) is 0 Å². The largest absolute Gasteiger partial charge is 0.435 e. The van der Waals surface area contributed by atoms with Gasteiger partial charge in [0.15, 0.2) is 5.78 Å². The Morgan fingerprint density at radius 3 is 2.33 bits per heavy atom. The normalized spacial score (nSPS) is 20.9. The molecule has 0 spiro atoms. The topological polar surface area (TPSA) is 55.7 Å². The minimum atomic E-state index is -2.99. The molecule has 1 aliphatic rings. The number of halogens is 2. The molecule has 0 aromatic heterocycles. The Hall–Kier alpha value is -2.37. The van der Waals surface area contributed by atoms with Crippen molar-refractivity contribution in [2.75, 3.05) is 0 Å². The van der Waals surface area contributed by atoms with Crippen LogP contribution in [-0.4, -0.2) is 23.9 Å². The van der Waals surface area contributed by atoms with Gasteiger partial charge in [-0.1, -0.05) is 18.2 Å². The van der Waals surface area contributed by atoms with E-state index in [0.29, 0.717) is 22.5 Å². The van der Waals surface area contributed by atoms with E-state index >= 15 is 0 Å². The standard InChI is InChI=1S/C18H19F2NO3/c1-9-15(11(3)22)17(16(12(4)23)10(2)21-9)13-7-5-6-8-14(13)24-18(19)20/h5-8,15,17-18H,1-4H3/t15?,17-/m0/s1. The first kappa shape index (κ1) is 18.0. The third-order valence-corrected chi connectivity index (χ3v) is 4.12. The molecule has 0 saturated carbocycles. The first-order chi connectivity index (χ1) is 11.2. The second-order valence-electron chi connectivity index (χ2n) is 5.79. The molecule has 24 heavy (non-hydrogen) atoms. The second-order valence-corrected chi connectivity index (χ2v) is 5.79. The number of ether oxygens (including phenoxy) is 1. The van der Waals surface area contributed by atoms with Crippen LogP contribution in [0.1, 0.15) is 39.2 Å². The lowest BCUT2D eigenvalue weighted by atomic mass is 9.73. The number of carbonyl (C=O) groups excluding carboxylic acids is 2. The molecule has 1 heterocycles. The fourth-order valence-corrected chi connectivity index (χ4v) is 3.31. The molecule has 0 amide bonds. The van der Waals surface area contributed by atoms with Crippen LogP contribution in [0.3, 0.4) is 0 Å². The summed E-state index contributed by atoms with van der Waals surface area (Å²) in [6.07, 6.45) is 0. The maximum Gasteiger partial charge on any atom is 0.387 e. The molecular weight excluding hydrogens is 316 g/mol. The predicted molar refractivity (Wildman–Crippen MR) is 86.5 cm³/mol. The van der Waals surface area contributed by atoms with Crippen LogP contribution in [0.15, 0.2) is 40.5 Å². The summed E-state index contributed by atoms with van der Waals surface area (Å²) < 4.78 is 30.1. The van der Waals surface area contributed by atoms with E-state index in [2.05, 4.69) is 9.73 Å². The molecule has 0 N–H and O–H groups in total. The monoisotopic (exact) mass is 335 g/mol. The van der Waals surface area contributed by atoms with Crippen molar-refractivity contribution in [3.05, 3.63) is 41.1 Å². The Bertz CT molecular complexity index is 738. The van der Waals surface area contributed by atoms with Crippen LogP contribution in [0.4, 0.5) is 8.78 Å². The van der Waals surface area contributed by atoms with Gasteiger partial charge in [0.25, 0.3) is 0 Å². The van der Waals surface area contributed by atoms with Crippen LogP contribution in [0.2, 0.25) is 0 Å². The number of allylic oxidation sites excluding steroid dienone is 2. The third-order valence-electron chi connectivity index (χ3n) is 4.12. The molecule has 6 heteroatoms. The summed E-state index contributed by atoms with van der Waals surface area (Å²) in [5, 5.41) is 0. The van der Waals surface area contributed by atoms with Crippen molar-refractivity contribution >= 4 is 17.3 Å². The predicted octanol–water partition coefficient (Wildman–Crippen LogP) is 3.91. The van der Waals surface area contributed by atoms with E-state index in [1.165, 1.54) is 19.9 Å². The van der Waals surface area contributed by atoms with Gasteiger partial charge in [0.05, 0.1) is 5.92 Å². The number of alkyl halides is 2. The fourth-order valence-electron chi connectivity index (χ4n) is 3.31. The van der Waals surface area contributed by atoms with Crippen LogP contribution < -0.4 is 4.74 Å². The Morgan fingerprint density at radius 2 is 1.79 bits per heavy atom. The molecule has 128 valence electrons. The van der Waals surface area contributed by atoms with Crippen molar-refractivity contribution in [2.24, 2.45) is 10.9 Å². The quantitative estimate of drug-likeness (QED) is 0.819. The van der Waals surface area contributed by atoms with E-state index in [9.17, 15) is 18.4 Å². The second kappa shape index (κ2) is 7.03. The first-order valence-corrected chi connectivity index (χ1v) is 7.55. The molecule has 4 nitrogen and oxygen atoms in total. The zero-order valence-electron chi connectivity index (χ0n) is 14.0. The van der Waals surface area contributed by atoms with Crippen molar-refractivity contribution in [1.82, 2.24) is 0 Å². The fraction of sp³-hybridized carbons (Fsp3) is 0.389. The lowest BCUT2D eigenvalue weighted by Crippen LogP contribution is -2.33. The summed E-state index contributed by atoms with van der Waals surface area (Å²) in [4.78, 5) is 28.7. The van der Waals surface area contributed by atoms with E-state index in [4.69, 9.17) is 0 Å². The van der Waals surface area contributed by atoms with Gasteiger partial charge in [0.1, 0.15) is 11.5 Å². The van der Waals surface area contributed by atoms with Crippen molar-refractivity contribution in [2.45, 2.75) is 40.2 Å². The summed E-state index contributed by atoms with van der Waals surface area (Å²) in [5.41, 5.74) is 1.79. The number of aliphatic imine (C=N–C) groups is 1. The van der Waals surface area contributed by atoms with E-state index in [-0.39, 0.29) is 17.3 Å². The molecule has 1 aromatic carbocycles. The maximum absolute atomic E-state index is 12.7. The third kappa shape index (κ3) is 3.42. The van der Waals surface area contributed by atoms with Gasteiger partial charge < -0.3 is 4.74 Å². The van der Waals surface area contributed by atoms with Crippen LogP contribution in [0.25, 0.3) is 0 Å². The number of hydrogen-bond donors (Lipinski definition) is 0. The molecule has 0 saturated heterocycles. The highest BCUT2D eigenvalue weighted by Crippen LogP contribution is 2.43. The number of rotatable bonds is 5. The number of Topliss-reactive ketones (excluding diaryl/α,β-unsaturated/α-hetero) is 2. The summed E-state index contributed by atoms with van der Waals surface area (Å²) in [6, 6.07) is 6.25. The zero-order chi connectivity index (χ0) is 18.0. The van der Waals surface area contributed by atoms with Crippen LogP contribution in [0, 0.1) is 5.92 Å². The molecule has 1 aliphatic heterocycles. The Morgan fingerprint density at radius 1 is 1.17 bits per heavy atom. The molecule has 1 unspecified atom stereocenters. The smallest absolute Gasteiger partial charge is 0.387 e. The molecular formula is C18H19F2NO3. The van der Waals surface area contributed by atoms with Gasteiger partial charge in [-0.3, -0.25) is 14.6 Å². The number of ketones is 2. The summed E-state index contributed by atoms with van der Waals surface area (Å²) in [5.74, 6) is -1.83. The Balaban J connectivity index is 2.69. The highest BCUT2D eigenvalue weighted by atomic mass is 19.3. The number of hydrogen-bond acceptors (Lipinski definition) is 4. The average molecular weight is 335 g/mol. The van der Waals surface area contributed by atoms with Crippen LogP contribution >= 0.6 is 0 Å². The molecule has 0 aliphatic carbocycles. The zero-order valence-corrected chi connectivity index (χ0v) is 14.0. The van der Waals surface area contributed by atoms with Crippen molar-refractivity contribution in [1.29, 1.82) is 0 Å². The molecule has 2 atom stereocenters. The Kier molecular flexibility index (Phi) is 5.26. The van der Waals surface area contributed by atoms with E-state index in [0.717, 1.165) is 0 Å². The molecule has 0 bridgehead atoms. The van der Waals surface area contributed by atoms with Crippen molar-refractivity contribution in [3.8, 4) is 5.75 Å². The van der Waals surface area contributed by atoms with Crippen molar-refractivity contribution in [3.63, 3.8) is 0 Å². The van der Waals surface area contributed by atoms with Gasteiger partial charge in [-0.05, 0) is 33.8 Å². The first-order valence-electron chi connectivity index (χ1n) is 7.55. The highest BCUT2D eigenvalue weighted by molar-refractivity contribution is 6.09.